The molecular formula is C22H32O2S. The molecule has 6 unspecified atom stereocenters. The van der Waals surface area contributed by atoms with Crippen molar-refractivity contribution in [2.24, 2.45) is 34.5 Å². The quantitative estimate of drug-likeness (QED) is 0.690. The SMILES string of the molecule is CS[C@@H]1CC2C3CCC4=CC(=O)CCC4(C)C3CCC2(C)C1C(C)=O. The van der Waals surface area contributed by atoms with Crippen molar-refractivity contribution in [3.05, 3.63) is 11.6 Å². The van der Waals surface area contributed by atoms with Crippen LogP contribution in [0.25, 0.3) is 0 Å². The van der Waals surface area contributed by atoms with Crippen LogP contribution in [0, 0.1) is 34.5 Å². The van der Waals surface area contributed by atoms with Gasteiger partial charge in [-0.1, -0.05) is 19.4 Å². The average molecular weight is 361 g/mol. The molecule has 4 aliphatic rings. The molecule has 25 heavy (non-hydrogen) atoms. The van der Waals surface area contributed by atoms with Crippen LogP contribution in [0.15, 0.2) is 11.6 Å². The lowest BCUT2D eigenvalue weighted by Gasteiger charge is -2.58. The number of carbonyl (C=O) groups excluding carboxylic acids is 2. The van der Waals surface area contributed by atoms with Crippen LogP contribution in [0.2, 0.25) is 0 Å². The van der Waals surface area contributed by atoms with Gasteiger partial charge >= 0.3 is 0 Å². The fourth-order valence-corrected chi connectivity index (χ4v) is 8.68. The highest BCUT2D eigenvalue weighted by molar-refractivity contribution is 7.99. The molecule has 4 aliphatic carbocycles. The molecule has 0 bridgehead atoms. The topological polar surface area (TPSA) is 34.1 Å². The zero-order chi connectivity index (χ0) is 18.0. The molecule has 7 atom stereocenters. The van der Waals surface area contributed by atoms with E-state index in [1.807, 2.05) is 24.8 Å². The fraction of sp³-hybridized carbons (Fsp3) is 0.818. The molecule has 0 spiro atoms. The van der Waals surface area contributed by atoms with Crippen LogP contribution in [0.3, 0.4) is 0 Å². The average Bonchev–Trinajstić information content (AvgIpc) is 2.88. The van der Waals surface area contributed by atoms with E-state index in [0.717, 1.165) is 25.2 Å². The van der Waals surface area contributed by atoms with Crippen molar-refractivity contribution < 1.29 is 9.59 Å². The lowest BCUT2D eigenvalue weighted by Crippen LogP contribution is -2.51. The first-order chi connectivity index (χ1) is 11.8. The van der Waals surface area contributed by atoms with Gasteiger partial charge in [0, 0.05) is 17.6 Å². The third-order valence-electron chi connectivity index (χ3n) is 8.71. The third kappa shape index (κ3) is 2.44. The van der Waals surface area contributed by atoms with Crippen molar-refractivity contribution >= 4 is 23.3 Å². The highest BCUT2D eigenvalue weighted by atomic mass is 32.2. The summed E-state index contributed by atoms with van der Waals surface area (Å²) >= 11 is 1.92. The maximum atomic E-state index is 12.5. The van der Waals surface area contributed by atoms with Gasteiger partial charge in [0.15, 0.2) is 5.78 Å². The van der Waals surface area contributed by atoms with E-state index >= 15 is 0 Å². The van der Waals surface area contributed by atoms with Crippen LogP contribution in [0.4, 0.5) is 0 Å². The van der Waals surface area contributed by atoms with Gasteiger partial charge in [0.1, 0.15) is 5.78 Å². The number of ketones is 2. The van der Waals surface area contributed by atoms with Crippen LogP contribution >= 0.6 is 11.8 Å². The van der Waals surface area contributed by atoms with Gasteiger partial charge in [-0.15, -0.1) is 0 Å². The Morgan fingerprint density at radius 2 is 1.92 bits per heavy atom. The maximum Gasteiger partial charge on any atom is 0.155 e. The monoisotopic (exact) mass is 360 g/mol. The number of hydrogen-bond acceptors (Lipinski definition) is 3. The molecule has 3 saturated carbocycles. The fourth-order valence-electron chi connectivity index (χ4n) is 7.51. The molecule has 0 saturated heterocycles. The number of thioether (sulfide) groups is 1. The molecule has 138 valence electrons. The van der Waals surface area contributed by atoms with Crippen molar-refractivity contribution in [3.8, 4) is 0 Å². The Balaban J connectivity index is 1.69. The lowest BCUT2D eigenvalue weighted by atomic mass is 9.46. The Labute approximate surface area is 156 Å². The first-order valence-corrected chi connectivity index (χ1v) is 11.4. The van der Waals surface area contributed by atoms with E-state index in [4.69, 9.17) is 0 Å². The van der Waals surface area contributed by atoms with E-state index in [-0.39, 0.29) is 16.7 Å². The Kier molecular flexibility index (Phi) is 4.26. The van der Waals surface area contributed by atoms with E-state index in [1.165, 1.54) is 31.3 Å². The molecule has 0 radical (unpaired) electrons. The number of rotatable bonds is 2. The van der Waals surface area contributed by atoms with E-state index < -0.39 is 0 Å². The van der Waals surface area contributed by atoms with Crippen molar-refractivity contribution in [2.45, 2.75) is 71.0 Å². The number of Topliss-reactive ketones (excluding diaryl/α,β-unsaturated/α-hetero) is 1. The normalized spacial score (nSPS) is 49.0. The maximum absolute atomic E-state index is 12.5. The molecular weight excluding hydrogens is 328 g/mol. The van der Waals surface area contributed by atoms with Gasteiger partial charge in [0.2, 0.25) is 0 Å². The molecule has 0 aromatic rings. The van der Waals surface area contributed by atoms with Gasteiger partial charge < -0.3 is 0 Å². The summed E-state index contributed by atoms with van der Waals surface area (Å²) < 4.78 is 0. The van der Waals surface area contributed by atoms with Crippen molar-refractivity contribution in [3.63, 3.8) is 0 Å². The summed E-state index contributed by atoms with van der Waals surface area (Å²) in [5, 5.41) is 0.504. The zero-order valence-electron chi connectivity index (χ0n) is 16.1. The summed E-state index contributed by atoms with van der Waals surface area (Å²) in [7, 11) is 0. The zero-order valence-corrected chi connectivity index (χ0v) is 17.0. The minimum Gasteiger partial charge on any atom is -0.300 e. The number of fused-ring (bicyclic) bond motifs is 5. The molecule has 0 heterocycles. The first kappa shape index (κ1) is 17.8. The predicted octanol–water partition coefficient (Wildman–Crippen LogP) is 5.07. The van der Waals surface area contributed by atoms with Crippen molar-refractivity contribution in [1.82, 2.24) is 0 Å². The summed E-state index contributed by atoms with van der Waals surface area (Å²) in [5.41, 5.74) is 1.88. The van der Waals surface area contributed by atoms with Gasteiger partial charge in [0.05, 0.1) is 0 Å². The first-order valence-electron chi connectivity index (χ1n) is 10.1. The second-order valence-electron chi connectivity index (χ2n) is 9.61. The van der Waals surface area contributed by atoms with Gasteiger partial charge in [-0.3, -0.25) is 9.59 Å². The Morgan fingerprint density at radius 3 is 2.60 bits per heavy atom. The molecule has 0 amide bonds. The Morgan fingerprint density at radius 1 is 1.16 bits per heavy atom. The molecule has 0 aromatic heterocycles. The highest BCUT2D eigenvalue weighted by Gasteiger charge is 2.62. The van der Waals surface area contributed by atoms with Gasteiger partial charge in [-0.05, 0) is 86.4 Å². The molecule has 0 N–H and O–H groups in total. The minimum atomic E-state index is 0.197. The molecule has 0 aromatic carbocycles. The standard InChI is InChI=1S/C22H32O2S/c1-13(23)20-19(25-4)12-18-16-6-5-14-11-15(24)7-9-21(14,2)17(16)8-10-22(18,20)3/h11,16-20H,5-10,12H2,1-4H3/t16?,17?,18?,19-,20?,21?,22?/m1/s1. The largest absolute Gasteiger partial charge is 0.300 e. The Bertz CT molecular complexity index is 638. The smallest absolute Gasteiger partial charge is 0.155 e. The summed E-state index contributed by atoms with van der Waals surface area (Å²) in [6, 6.07) is 0. The van der Waals surface area contributed by atoms with E-state index in [1.54, 1.807) is 0 Å². The molecule has 3 heteroatoms. The third-order valence-corrected chi connectivity index (χ3v) is 9.78. The molecule has 4 rings (SSSR count). The second-order valence-corrected chi connectivity index (χ2v) is 10.7. The van der Waals surface area contributed by atoms with E-state index in [9.17, 15) is 9.59 Å². The summed E-state index contributed by atoms with van der Waals surface area (Å²) in [6.07, 6.45) is 11.9. The van der Waals surface area contributed by atoms with E-state index in [0.29, 0.717) is 28.7 Å². The van der Waals surface area contributed by atoms with Crippen LogP contribution in [-0.2, 0) is 9.59 Å². The second kappa shape index (κ2) is 5.97. The number of allylic oxidation sites excluding steroid dienone is 1. The van der Waals surface area contributed by atoms with Crippen LogP contribution in [-0.4, -0.2) is 23.1 Å². The van der Waals surface area contributed by atoms with Crippen molar-refractivity contribution in [2.75, 3.05) is 6.26 Å². The van der Waals surface area contributed by atoms with Gasteiger partial charge in [0.25, 0.3) is 0 Å². The summed E-state index contributed by atoms with van der Waals surface area (Å²) in [4.78, 5) is 24.4. The van der Waals surface area contributed by atoms with Crippen LogP contribution < -0.4 is 0 Å². The molecule has 0 aliphatic heterocycles. The minimum absolute atomic E-state index is 0.197. The van der Waals surface area contributed by atoms with Crippen LogP contribution in [0.5, 0.6) is 0 Å². The number of carbonyl (C=O) groups is 2. The van der Waals surface area contributed by atoms with Gasteiger partial charge in [-0.25, -0.2) is 0 Å². The predicted molar refractivity (Wildman–Crippen MR) is 104 cm³/mol. The van der Waals surface area contributed by atoms with Crippen molar-refractivity contribution in [1.29, 1.82) is 0 Å². The summed E-state index contributed by atoms with van der Waals surface area (Å²) in [5.74, 6) is 3.14. The van der Waals surface area contributed by atoms with Crippen LogP contribution in [0.1, 0.15) is 65.7 Å². The Hall–Kier alpha value is -0.570. The summed E-state index contributed by atoms with van der Waals surface area (Å²) in [6.45, 7) is 6.69. The lowest BCUT2D eigenvalue weighted by molar-refractivity contribution is -0.128. The highest BCUT2D eigenvalue weighted by Crippen LogP contribution is 2.67. The molecule has 3 fully saturated rings. The molecule has 2 nitrogen and oxygen atoms in total. The van der Waals surface area contributed by atoms with Gasteiger partial charge in [-0.2, -0.15) is 11.8 Å². The van der Waals surface area contributed by atoms with E-state index in [2.05, 4.69) is 20.1 Å². The number of hydrogen-bond donors (Lipinski definition) is 0.